The van der Waals surface area contributed by atoms with E-state index in [9.17, 15) is 0 Å². The predicted molar refractivity (Wildman–Crippen MR) is 301 cm³/mol. The van der Waals surface area contributed by atoms with Crippen molar-refractivity contribution in [2.75, 3.05) is 12.3 Å². The predicted octanol–water partition coefficient (Wildman–Crippen LogP) is 14.9. The molecule has 0 unspecified atom stereocenters. The molecule has 0 nitrogen and oxygen atoms in total. The van der Waals surface area contributed by atoms with Crippen LogP contribution in [0.15, 0.2) is 255 Å². The molecule has 0 saturated carbocycles. The average Bonchev–Trinajstić information content (AvgIpc) is 3.42. The van der Waals surface area contributed by atoms with Gasteiger partial charge in [0.15, 0.2) is 0 Å². The van der Waals surface area contributed by atoms with Gasteiger partial charge in [-0.05, 0) is 102 Å². The van der Waals surface area contributed by atoms with Gasteiger partial charge in [-0.15, -0.1) is 23.3 Å². The number of hydrogen-bond donors (Lipinski definition) is 0. The normalized spacial score (nSPS) is 10.7. The molecule has 0 atom stereocenters. The summed E-state index contributed by atoms with van der Waals surface area (Å²) < 4.78 is 0. The van der Waals surface area contributed by atoms with Crippen LogP contribution in [-0.2, 0) is 44.8 Å². The Labute approximate surface area is 445 Å². The Kier molecular flexibility index (Phi) is 17.2. The Hall–Kier alpha value is -6.34. The van der Waals surface area contributed by atoms with E-state index in [-0.39, 0.29) is 44.8 Å². The molecular weight excluding hydrogens is 1070 g/mol. The molecule has 0 fully saturated rings. The van der Waals surface area contributed by atoms with E-state index in [1.54, 1.807) is 0 Å². The molecule has 0 spiro atoms. The first kappa shape index (κ1) is 50.1. The Morgan fingerprint density at radius 2 is 0.514 bits per heavy atom. The van der Waals surface area contributed by atoms with Crippen molar-refractivity contribution in [2.45, 2.75) is 0 Å². The fourth-order valence-corrected chi connectivity index (χ4v) is 15.8. The maximum atomic E-state index is 7.56. The summed E-state index contributed by atoms with van der Waals surface area (Å²) in [6.45, 7) is 0. The minimum absolute atomic E-state index is 0. The number of hydrogen-bond acceptors (Lipinski definition) is 0. The van der Waals surface area contributed by atoms with Gasteiger partial charge in [0.1, 0.15) is 12.3 Å². The van der Waals surface area contributed by atoms with Gasteiger partial charge in [0.25, 0.3) is 0 Å². The van der Waals surface area contributed by atoms with Crippen molar-refractivity contribution in [3.05, 3.63) is 279 Å². The summed E-state index contributed by atoms with van der Waals surface area (Å²) >= 11 is 0. The maximum absolute atomic E-state index is 7.56. The summed E-state index contributed by atoms with van der Waals surface area (Å²) in [5, 5.41) is 20.4. The number of rotatable bonds is 7. The molecule has 0 bridgehead atoms. The van der Waals surface area contributed by atoms with Crippen LogP contribution in [0.5, 0.6) is 0 Å². The van der Waals surface area contributed by atoms with E-state index in [1.165, 1.54) is 87.4 Å². The minimum atomic E-state index is -0.783. The zero-order chi connectivity index (χ0) is 46.1. The van der Waals surface area contributed by atoms with Gasteiger partial charge in [-0.3, -0.25) is 11.8 Å². The molecule has 0 aliphatic rings. The molecule has 0 N–H and O–H groups in total. The molecule has 4 heteroatoms. The molecule has 0 saturated heterocycles. The molecule has 70 heavy (non-hydrogen) atoms. The van der Waals surface area contributed by atoms with Gasteiger partial charge in [-0.1, -0.05) is 205 Å². The van der Waals surface area contributed by atoms with Crippen LogP contribution < -0.4 is 21.2 Å². The summed E-state index contributed by atoms with van der Waals surface area (Å²) in [5.74, 6) is 5.15. The Bertz CT molecular complexity index is 3440. The van der Waals surface area contributed by atoms with Crippen LogP contribution >= 0.6 is 15.8 Å². The van der Waals surface area contributed by atoms with E-state index in [0.717, 1.165) is 21.9 Å². The molecule has 0 amide bonds. The second kappa shape index (κ2) is 24.0. The van der Waals surface area contributed by atoms with Gasteiger partial charge in [-0.25, -0.2) is 0 Å². The zero-order valence-corrected chi connectivity index (χ0v) is 43.2. The molecule has 12 aromatic rings. The Morgan fingerprint density at radius 3 is 0.829 bits per heavy atom. The van der Waals surface area contributed by atoms with E-state index >= 15 is 0 Å². The van der Waals surface area contributed by atoms with Crippen molar-refractivity contribution >= 4 is 102 Å². The fourth-order valence-electron chi connectivity index (χ4n) is 9.65. The Morgan fingerprint density at radius 1 is 0.257 bits per heavy atom. The average molecular weight is 1120 g/mol. The van der Waals surface area contributed by atoms with Gasteiger partial charge in [-0.2, -0.15) is 0 Å². The second-order valence-corrected chi connectivity index (χ2v) is 22.1. The minimum Gasteiger partial charge on any atom is -0.366 e. The van der Waals surface area contributed by atoms with Crippen LogP contribution in [0.25, 0.3) is 64.6 Å². The van der Waals surface area contributed by atoms with E-state index < -0.39 is 15.8 Å². The van der Waals surface area contributed by atoms with Crippen LogP contribution in [0.1, 0.15) is 11.1 Å². The van der Waals surface area contributed by atoms with Gasteiger partial charge < -0.3 is 12.8 Å². The molecule has 342 valence electrons. The van der Waals surface area contributed by atoms with Crippen LogP contribution in [0.4, 0.5) is 0 Å². The summed E-state index contributed by atoms with van der Waals surface area (Å²) in [5.41, 5.74) is 1.70. The summed E-state index contributed by atoms with van der Waals surface area (Å²) in [6, 6.07) is 90.5. The van der Waals surface area contributed by atoms with Crippen LogP contribution in [0.2, 0.25) is 0 Å². The smallest absolute Gasteiger partial charge is 0.366 e. The second-order valence-electron chi connectivity index (χ2n) is 16.9. The molecule has 0 aliphatic heterocycles. The van der Waals surface area contributed by atoms with E-state index in [0.29, 0.717) is 0 Å². The molecule has 0 heterocycles. The Balaban J connectivity index is 0.000000142. The fraction of sp³-hybridized carbons (Fsp3) is 0.0303. The van der Waals surface area contributed by atoms with Crippen LogP contribution in [0.3, 0.4) is 0 Å². The van der Waals surface area contributed by atoms with E-state index in [1.807, 2.05) is 24.3 Å². The number of fused-ring (bicyclic) bond motifs is 10. The molecule has 0 aromatic heterocycles. The molecule has 12 aromatic carbocycles. The van der Waals surface area contributed by atoms with Gasteiger partial charge in [0, 0.05) is 0 Å². The standard InChI is InChI=1S/C26H24P2.2C20H11.2Ag/c1-5-13-23(14-6-1)27(24-15-7-2-8-16-24)21-22-28(25-17-9-3-10-18-25)26-19-11-4-12-20-26;2*1-2-14-13-20-17-9-4-3-7-15(17)11-12-19(20)18-10-6-5-8-16(14)18;;/h1-20H,21-22H2;2*3-13H;;/q;2*-1;2*+1/p+2. The largest absolute Gasteiger partial charge is 1.00 e. The first-order chi connectivity index (χ1) is 33.7. The molecule has 0 aliphatic carbocycles. The monoisotopic (exact) mass is 1120 g/mol. The molecule has 12 rings (SSSR count). The van der Waals surface area contributed by atoms with Crippen molar-refractivity contribution < 1.29 is 44.8 Å². The van der Waals surface area contributed by atoms with E-state index in [2.05, 4.69) is 242 Å². The van der Waals surface area contributed by atoms with Crippen molar-refractivity contribution in [2.24, 2.45) is 0 Å². The van der Waals surface area contributed by atoms with Crippen LogP contribution in [-0.4, -0.2) is 12.3 Å². The third-order valence-electron chi connectivity index (χ3n) is 12.9. The van der Waals surface area contributed by atoms with E-state index in [4.69, 9.17) is 12.8 Å². The number of benzene rings is 12. The van der Waals surface area contributed by atoms with Crippen molar-refractivity contribution in [3.63, 3.8) is 0 Å². The molecule has 0 radical (unpaired) electrons. The summed E-state index contributed by atoms with van der Waals surface area (Å²) in [4.78, 5) is 0. The molecular formula is C66H48Ag2P2+2. The van der Waals surface area contributed by atoms with Gasteiger partial charge >= 0.3 is 44.8 Å². The van der Waals surface area contributed by atoms with Crippen LogP contribution in [0, 0.1) is 24.7 Å². The van der Waals surface area contributed by atoms with Crippen molar-refractivity contribution in [3.8, 4) is 11.8 Å². The first-order valence-corrected chi connectivity index (χ1v) is 26.5. The van der Waals surface area contributed by atoms with Crippen molar-refractivity contribution in [1.29, 1.82) is 0 Å². The first-order valence-electron chi connectivity index (χ1n) is 23.1. The van der Waals surface area contributed by atoms with Gasteiger partial charge in [0.05, 0.1) is 37.1 Å². The zero-order valence-electron chi connectivity index (χ0n) is 38.3. The van der Waals surface area contributed by atoms with Crippen molar-refractivity contribution in [1.82, 2.24) is 0 Å². The maximum Gasteiger partial charge on any atom is 1.00 e. The summed E-state index contributed by atoms with van der Waals surface area (Å²) in [6.07, 6.45) is 17.6. The summed E-state index contributed by atoms with van der Waals surface area (Å²) in [7, 11) is -1.57. The third kappa shape index (κ3) is 10.8. The quantitative estimate of drug-likeness (QED) is 0.0491. The SMILES string of the molecule is [Ag+].[Ag+].[C-]#Cc1cc2c3ccccc3ccc2c2ccccc12.[C-]#Cc1cc2c3ccccc3ccc2c2ccccc12.c1ccc([PH+](CC[PH+](c2ccccc2)c2ccccc2)c2ccccc2)cc1. The third-order valence-corrected chi connectivity index (χ3v) is 19.0. The topological polar surface area (TPSA) is 0 Å². The van der Waals surface area contributed by atoms with Gasteiger partial charge in [0.2, 0.25) is 0 Å².